The van der Waals surface area contributed by atoms with E-state index >= 15 is 0 Å². The van der Waals surface area contributed by atoms with Crippen LogP contribution in [0, 0.1) is 0 Å². The summed E-state index contributed by atoms with van der Waals surface area (Å²) in [6.07, 6.45) is 0. The third-order valence-corrected chi connectivity index (χ3v) is 3.39. The Morgan fingerprint density at radius 3 is 2.65 bits per heavy atom. The predicted molar refractivity (Wildman–Crippen MR) is 80.7 cm³/mol. The average molecular weight is 336 g/mol. The van der Waals surface area contributed by atoms with Gasteiger partial charge in [0.15, 0.2) is 0 Å². The van der Waals surface area contributed by atoms with Gasteiger partial charge in [-0.3, -0.25) is 0 Å². The Bertz CT molecular complexity index is 628. The molecule has 0 aliphatic rings. The second-order valence-corrected chi connectivity index (χ2v) is 4.99. The molecule has 2 aromatic rings. The number of hydrogen-bond acceptors (Lipinski definition) is 4. The van der Waals surface area contributed by atoms with Crippen LogP contribution < -0.4 is 10.5 Å². The molecule has 0 aromatic heterocycles. The maximum Gasteiger partial charge on any atom is 0.340 e. The molecule has 20 heavy (non-hydrogen) atoms. The molecule has 0 heterocycles. The van der Waals surface area contributed by atoms with E-state index in [-0.39, 0.29) is 6.61 Å². The number of carbonyl (C=O) groups is 1. The molecule has 2 N–H and O–H groups in total. The van der Waals surface area contributed by atoms with Gasteiger partial charge in [-0.25, -0.2) is 4.79 Å². The molecule has 0 spiro atoms. The maximum absolute atomic E-state index is 11.9. The van der Waals surface area contributed by atoms with Crippen molar-refractivity contribution in [2.75, 3.05) is 12.8 Å². The van der Waals surface area contributed by atoms with Crippen molar-refractivity contribution < 1.29 is 14.3 Å². The van der Waals surface area contributed by atoms with E-state index in [1.807, 2.05) is 18.2 Å². The van der Waals surface area contributed by atoms with E-state index < -0.39 is 5.97 Å². The number of carbonyl (C=O) groups excluding carboxylic acids is 1. The SMILES string of the molecule is COc1ccc(COC(=O)c2ccccc2N)cc1Br. The highest BCUT2D eigenvalue weighted by Crippen LogP contribution is 2.26. The van der Waals surface area contributed by atoms with Crippen LogP contribution in [-0.4, -0.2) is 13.1 Å². The first-order valence-corrected chi connectivity index (χ1v) is 6.75. The van der Waals surface area contributed by atoms with E-state index in [1.165, 1.54) is 0 Å². The number of methoxy groups -OCH3 is 1. The lowest BCUT2D eigenvalue weighted by molar-refractivity contribution is 0.0474. The van der Waals surface area contributed by atoms with Gasteiger partial charge in [-0.15, -0.1) is 0 Å². The number of nitrogens with two attached hydrogens (primary N) is 1. The fourth-order valence-corrected chi connectivity index (χ4v) is 2.30. The third-order valence-electron chi connectivity index (χ3n) is 2.77. The summed E-state index contributed by atoms with van der Waals surface area (Å²) in [5, 5.41) is 0. The molecule has 104 valence electrons. The van der Waals surface area contributed by atoms with Gasteiger partial charge < -0.3 is 15.2 Å². The monoisotopic (exact) mass is 335 g/mol. The third kappa shape index (κ3) is 3.30. The molecule has 4 nitrogen and oxygen atoms in total. The minimum atomic E-state index is -0.435. The summed E-state index contributed by atoms with van der Waals surface area (Å²) in [6.45, 7) is 0.176. The van der Waals surface area contributed by atoms with Gasteiger partial charge in [0.25, 0.3) is 0 Å². The van der Waals surface area contributed by atoms with Gasteiger partial charge in [0.05, 0.1) is 17.1 Å². The zero-order chi connectivity index (χ0) is 14.5. The van der Waals surface area contributed by atoms with Crippen molar-refractivity contribution >= 4 is 27.6 Å². The van der Waals surface area contributed by atoms with E-state index in [1.54, 1.807) is 31.4 Å². The average Bonchev–Trinajstić information content (AvgIpc) is 2.45. The number of esters is 1. The smallest absolute Gasteiger partial charge is 0.340 e. The fourth-order valence-electron chi connectivity index (χ4n) is 1.71. The Labute approximate surface area is 125 Å². The highest BCUT2D eigenvalue weighted by atomic mass is 79.9. The minimum absolute atomic E-state index is 0.176. The zero-order valence-corrected chi connectivity index (χ0v) is 12.5. The van der Waals surface area contributed by atoms with Crippen LogP contribution in [0.5, 0.6) is 5.75 Å². The molecule has 0 saturated heterocycles. The Morgan fingerprint density at radius 1 is 1.25 bits per heavy atom. The molecule has 0 unspecified atom stereocenters. The summed E-state index contributed by atoms with van der Waals surface area (Å²) in [7, 11) is 1.60. The Kier molecular flexibility index (Phi) is 4.63. The van der Waals surface area contributed by atoms with Crippen molar-refractivity contribution in [3.05, 3.63) is 58.1 Å². The first-order chi connectivity index (χ1) is 9.61. The molecule has 0 atom stereocenters. The molecule has 2 rings (SSSR count). The van der Waals surface area contributed by atoms with Crippen LogP contribution in [0.4, 0.5) is 5.69 Å². The summed E-state index contributed by atoms with van der Waals surface area (Å²) in [4.78, 5) is 11.9. The van der Waals surface area contributed by atoms with Gasteiger partial charge in [0.1, 0.15) is 12.4 Å². The highest BCUT2D eigenvalue weighted by Gasteiger charge is 2.11. The number of hydrogen-bond donors (Lipinski definition) is 1. The van der Waals surface area contributed by atoms with Crippen LogP contribution >= 0.6 is 15.9 Å². The normalized spacial score (nSPS) is 10.1. The standard InChI is InChI=1S/C15H14BrNO3/c1-19-14-7-6-10(8-12(14)16)9-20-15(18)11-4-2-3-5-13(11)17/h2-8H,9,17H2,1H3. The van der Waals surface area contributed by atoms with Crippen molar-refractivity contribution in [1.82, 2.24) is 0 Å². The van der Waals surface area contributed by atoms with Gasteiger partial charge in [-0.05, 0) is 45.8 Å². The van der Waals surface area contributed by atoms with Crippen LogP contribution in [0.3, 0.4) is 0 Å². The van der Waals surface area contributed by atoms with Gasteiger partial charge >= 0.3 is 5.97 Å². The predicted octanol–water partition coefficient (Wildman–Crippen LogP) is 3.40. The lowest BCUT2D eigenvalue weighted by atomic mass is 10.2. The van der Waals surface area contributed by atoms with Crippen LogP contribution in [0.15, 0.2) is 46.9 Å². The Hall–Kier alpha value is -2.01. The lowest BCUT2D eigenvalue weighted by Gasteiger charge is -2.08. The largest absolute Gasteiger partial charge is 0.496 e. The van der Waals surface area contributed by atoms with E-state index in [0.29, 0.717) is 11.3 Å². The number of ether oxygens (including phenoxy) is 2. The number of halogens is 1. The number of anilines is 1. The summed E-state index contributed by atoms with van der Waals surface area (Å²) in [6, 6.07) is 12.3. The molecule has 2 aromatic carbocycles. The van der Waals surface area contributed by atoms with E-state index in [9.17, 15) is 4.79 Å². The minimum Gasteiger partial charge on any atom is -0.496 e. The second kappa shape index (κ2) is 6.43. The van der Waals surface area contributed by atoms with Gasteiger partial charge in [-0.1, -0.05) is 18.2 Å². The molecule has 0 bridgehead atoms. The molecule has 0 saturated carbocycles. The second-order valence-electron chi connectivity index (χ2n) is 4.13. The van der Waals surface area contributed by atoms with Crippen LogP contribution in [0.1, 0.15) is 15.9 Å². The maximum atomic E-state index is 11.9. The zero-order valence-electron chi connectivity index (χ0n) is 10.9. The van der Waals surface area contributed by atoms with Gasteiger partial charge in [0.2, 0.25) is 0 Å². The van der Waals surface area contributed by atoms with E-state index in [2.05, 4.69) is 15.9 Å². The number of benzene rings is 2. The molecule has 0 aliphatic heterocycles. The van der Waals surface area contributed by atoms with Gasteiger partial charge in [0, 0.05) is 5.69 Å². The summed E-state index contributed by atoms with van der Waals surface area (Å²) < 4.78 is 11.2. The molecular formula is C15H14BrNO3. The molecule has 0 aliphatic carbocycles. The summed E-state index contributed by atoms with van der Waals surface area (Å²) in [5.41, 5.74) is 7.37. The highest BCUT2D eigenvalue weighted by molar-refractivity contribution is 9.10. The van der Waals surface area contributed by atoms with E-state index in [0.717, 1.165) is 15.8 Å². The van der Waals surface area contributed by atoms with Crippen molar-refractivity contribution in [2.45, 2.75) is 6.61 Å². The number of para-hydroxylation sites is 1. The van der Waals surface area contributed by atoms with Gasteiger partial charge in [-0.2, -0.15) is 0 Å². The number of rotatable bonds is 4. The molecule has 5 heteroatoms. The number of nitrogen functional groups attached to an aromatic ring is 1. The summed E-state index contributed by atoms with van der Waals surface area (Å²) >= 11 is 3.39. The first-order valence-electron chi connectivity index (χ1n) is 5.96. The van der Waals surface area contributed by atoms with Crippen LogP contribution in [0.25, 0.3) is 0 Å². The van der Waals surface area contributed by atoms with Crippen molar-refractivity contribution in [2.24, 2.45) is 0 Å². The fraction of sp³-hybridized carbons (Fsp3) is 0.133. The van der Waals surface area contributed by atoms with Crippen molar-refractivity contribution in [1.29, 1.82) is 0 Å². The molecule has 0 amide bonds. The Morgan fingerprint density at radius 2 is 2.00 bits per heavy atom. The first kappa shape index (κ1) is 14.4. The van der Waals surface area contributed by atoms with Crippen LogP contribution in [-0.2, 0) is 11.3 Å². The topological polar surface area (TPSA) is 61.5 Å². The summed E-state index contributed by atoms with van der Waals surface area (Å²) in [5.74, 6) is 0.294. The lowest BCUT2D eigenvalue weighted by Crippen LogP contribution is -2.08. The van der Waals surface area contributed by atoms with E-state index in [4.69, 9.17) is 15.2 Å². The Balaban J connectivity index is 2.04. The van der Waals surface area contributed by atoms with Crippen LogP contribution in [0.2, 0.25) is 0 Å². The van der Waals surface area contributed by atoms with Crippen molar-refractivity contribution in [3.8, 4) is 5.75 Å². The molecule has 0 radical (unpaired) electrons. The van der Waals surface area contributed by atoms with Crippen molar-refractivity contribution in [3.63, 3.8) is 0 Å². The molecule has 0 fully saturated rings. The molecular weight excluding hydrogens is 322 g/mol. The quantitative estimate of drug-likeness (QED) is 0.687.